The molecule has 4 heteroatoms. The molecule has 1 amide bonds. The molecule has 0 radical (unpaired) electrons. The van der Waals surface area contributed by atoms with Gasteiger partial charge in [0.2, 0.25) is 5.91 Å². The molecule has 78 valence electrons. The van der Waals surface area contributed by atoms with Crippen LogP contribution in [0, 0.1) is 0 Å². The average Bonchev–Trinajstić information content (AvgIpc) is 2.05. The summed E-state index contributed by atoms with van der Waals surface area (Å²) in [7, 11) is 0. The van der Waals surface area contributed by atoms with Crippen LogP contribution in [0.5, 0.6) is 0 Å². The zero-order valence-electron chi connectivity index (χ0n) is 7.93. The molecule has 0 fully saturated rings. The van der Waals surface area contributed by atoms with Crippen LogP contribution in [0.3, 0.4) is 0 Å². The Labute approximate surface area is 89.3 Å². The summed E-state index contributed by atoms with van der Waals surface area (Å²) >= 11 is 0. The number of hydrogen-bond donors (Lipinski definition) is 2. The molecule has 1 aromatic carbocycles. The van der Waals surface area contributed by atoms with E-state index in [0.29, 0.717) is 0 Å². The third-order valence-electron chi connectivity index (χ3n) is 1.92. The van der Waals surface area contributed by atoms with Crippen molar-refractivity contribution >= 4 is 18.3 Å². The van der Waals surface area contributed by atoms with Gasteiger partial charge in [-0.15, -0.1) is 12.4 Å². The fourth-order valence-electron chi connectivity index (χ4n) is 1.08. The van der Waals surface area contributed by atoms with Gasteiger partial charge >= 0.3 is 0 Å². The maximum absolute atomic E-state index is 10.8. The Hall–Kier alpha value is -1.06. The predicted molar refractivity (Wildman–Crippen MR) is 57.2 cm³/mol. The first kappa shape index (κ1) is 12.9. The summed E-state index contributed by atoms with van der Waals surface area (Å²) in [4.78, 5) is 10.8. The lowest BCUT2D eigenvalue weighted by Gasteiger charge is -2.18. The number of amides is 1. The number of hydrogen-bond acceptors (Lipinski definition) is 2. The number of carbonyl (C=O) groups excluding carboxylic acids is 1. The van der Waals surface area contributed by atoms with Crippen LogP contribution >= 0.6 is 12.4 Å². The quantitative estimate of drug-likeness (QED) is 0.787. The minimum atomic E-state index is -1.46. The number of primary amides is 1. The van der Waals surface area contributed by atoms with Gasteiger partial charge in [-0.1, -0.05) is 30.3 Å². The van der Waals surface area contributed by atoms with Gasteiger partial charge in [-0.05, 0) is 12.5 Å². The minimum absolute atomic E-state index is 0. The highest BCUT2D eigenvalue weighted by Crippen LogP contribution is 2.11. The van der Waals surface area contributed by atoms with Crippen molar-refractivity contribution in [3.63, 3.8) is 0 Å². The zero-order valence-corrected chi connectivity index (χ0v) is 8.75. The topological polar surface area (TPSA) is 63.3 Å². The van der Waals surface area contributed by atoms with Crippen molar-refractivity contribution in [2.24, 2.45) is 5.73 Å². The van der Waals surface area contributed by atoms with E-state index in [2.05, 4.69) is 0 Å². The second kappa shape index (κ2) is 4.98. The van der Waals surface area contributed by atoms with Crippen LogP contribution < -0.4 is 5.73 Å². The summed E-state index contributed by atoms with van der Waals surface area (Å²) in [5.74, 6) is -0.698. The molecule has 0 spiro atoms. The fraction of sp³-hybridized carbons (Fsp3) is 0.300. The Bertz CT molecular complexity index is 298. The Morgan fingerprint density at radius 1 is 1.43 bits per heavy atom. The van der Waals surface area contributed by atoms with Crippen molar-refractivity contribution in [1.29, 1.82) is 0 Å². The van der Waals surface area contributed by atoms with Crippen molar-refractivity contribution in [1.82, 2.24) is 0 Å². The molecular weight excluding hydrogens is 202 g/mol. The molecule has 1 rings (SSSR count). The SMILES string of the molecule is CC(O)(Cc1ccccc1)C(N)=O.Cl. The minimum Gasteiger partial charge on any atom is -0.380 e. The lowest BCUT2D eigenvalue weighted by molar-refractivity contribution is -0.134. The summed E-state index contributed by atoms with van der Waals surface area (Å²) in [5.41, 5.74) is 4.47. The number of rotatable bonds is 3. The van der Waals surface area contributed by atoms with Gasteiger partial charge in [-0.25, -0.2) is 0 Å². The first-order chi connectivity index (χ1) is 6.02. The Balaban J connectivity index is 0.00000169. The van der Waals surface area contributed by atoms with Crippen LogP contribution in [-0.4, -0.2) is 16.6 Å². The summed E-state index contributed by atoms with van der Waals surface area (Å²) < 4.78 is 0. The van der Waals surface area contributed by atoms with E-state index in [1.165, 1.54) is 6.92 Å². The van der Waals surface area contributed by atoms with E-state index in [-0.39, 0.29) is 18.8 Å². The Morgan fingerprint density at radius 3 is 2.36 bits per heavy atom. The van der Waals surface area contributed by atoms with Crippen LogP contribution in [0.15, 0.2) is 30.3 Å². The molecule has 1 aromatic rings. The molecular formula is C10H14ClNO2. The van der Waals surface area contributed by atoms with Gasteiger partial charge in [0, 0.05) is 6.42 Å². The Kier molecular flexibility index (Phi) is 4.60. The first-order valence-electron chi connectivity index (χ1n) is 4.08. The highest BCUT2D eigenvalue weighted by atomic mass is 35.5. The highest BCUT2D eigenvalue weighted by molar-refractivity contribution is 5.85. The summed E-state index contributed by atoms with van der Waals surface area (Å²) in [6.07, 6.45) is 0.253. The van der Waals surface area contributed by atoms with Gasteiger partial charge in [0.1, 0.15) is 5.60 Å². The lowest BCUT2D eigenvalue weighted by atomic mass is 9.96. The van der Waals surface area contributed by atoms with Gasteiger partial charge in [0.25, 0.3) is 0 Å². The van der Waals surface area contributed by atoms with E-state index in [9.17, 15) is 9.90 Å². The van der Waals surface area contributed by atoms with Gasteiger partial charge in [-0.2, -0.15) is 0 Å². The number of nitrogens with two attached hydrogens (primary N) is 1. The molecule has 0 aliphatic rings. The standard InChI is InChI=1S/C10H13NO2.ClH/c1-10(13,9(11)12)7-8-5-3-2-4-6-8;/h2-6,13H,7H2,1H3,(H2,11,12);1H. The van der Waals surface area contributed by atoms with Crippen molar-refractivity contribution in [2.75, 3.05) is 0 Å². The van der Waals surface area contributed by atoms with E-state index in [1.807, 2.05) is 30.3 Å². The van der Waals surface area contributed by atoms with Crippen molar-refractivity contribution in [3.05, 3.63) is 35.9 Å². The molecule has 0 bridgehead atoms. The summed E-state index contributed by atoms with van der Waals surface area (Å²) in [6.45, 7) is 1.42. The number of carbonyl (C=O) groups is 1. The molecule has 1 unspecified atom stereocenters. The van der Waals surface area contributed by atoms with Crippen molar-refractivity contribution in [3.8, 4) is 0 Å². The highest BCUT2D eigenvalue weighted by Gasteiger charge is 2.27. The van der Waals surface area contributed by atoms with Crippen LogP contribution in [0.4, 0.5) is 0 Å². The van der Waals surface area contributed by atoms with Crippen LogP contribution in [0.25, 0.3) is 0 Å². The molecule has 0 aromatic heterocycles. The summed E-state index contributed by atoms with van der Waals surface area (Å²) in [5, 5.41) is 9.57. The molecule has 3 N–H and O–H groups in total. The van der Waals surface area contributed by atoms with Crippen LogP contribution in [0.2, 0.25) is 0 Å². The van der Waals surface area contributed by atoms with Crippen LogP contribution in [0.1, 0.15) is 12.5 Å². The zero-order chi connectivity index (χ0) is 9.90. The molecule has 0 saturated heterocycles. The molecule has 0 saturated carbocycles. The number of halogens is 1. The van der Waals surface area contributed by atoms with Gasteiger partial charge in [-0.3, -0.25) is 4.79 Å². The van der Waals surface area contributed by atoms with Crippen molar-refractivity contribution in [2.45, 2.75) is 18.9 Å². The maximum atomic E-state index is 10.8. The van der Waals surface area contributed by atoms with E-state index in [0.717, 1.165) is 5.56 Å². The first-order valence-corrected chi connectivity index (χ1v) is 4.08. The summed E-state index contributed by atoms with van der Waals surface area (Å²) in [6, 6.07) is 9.27. The lowest BCUT2D eigenvalue weighted by Crippen LogP contribution is -2.42. The van der Waals surface area contributed by atoms with E-state index in [1.54, 1.807) is 0 Å². The third kappa shape index (κ3) is 3.36. The smallest absolute Gasteiger partial charge is 0.249 e. The predicted octanol–water partition coefficient (Wildman–Crippen LogP) is 0.887. The maximum Gasteiger partial charge on any atom is 0.249 e. The Morgan fingerprint density at radius 2 is 1.93 bits per heavy atom. The molecule has 14 heavy (non-hydrogen) atoms. The monoisotopic (exact) mass is 215 g/mol. The van der Waals surface area contributed by atoms with E-state index >= 15 is 0 Å². The molecule has 3 nitrogen and oxygen atoms in total. The van der Waals surface area contributed by atoms with Gasteiger partial charge < -0.3 is 10.8 Å². The fourth-order valence-corrected chi connectivity index (χ4v) is 1.08. The number of benzene rings is 1. The third-order valence-corrected chi connectivity index (χ3v) is 1.92. The second-order valence-corrected chi connectivity index (χ2v) is 3.30. The van der Waals surface area contributed by atoms with Crippen molar-refractivity contribution < 1.29 is 9.90 Å². The molecule has 0 heterocycles. The van der Waals surface area contributed by atoms with Crippen LogP contribution in [-0.2, 0) is 11.2 Å². The molecule has 0 aliphatic heterocycles. The van der Waals surface area contributed by atoms with Gasteiger partial charge in [0.05, 0.1) is 0 Å². The largest absolute Gasteiger partial charge is 0.380 e. The van der Waals surface area contributed by atoms with E-state index < -0.39 is 11.5 Å². The average molecular weight is 216 g/mol. The molecule has 1 atom stereocenters. The van der Waals surface area contributed by atoms with Gasteiger partial charge in [0.15, 0.2) is 0 Å². The normalized spacial score (nSPS) is 13.9. The van der Waals surface area contributed by atoms with E-state index in [4.69, 9.17) is 5.73 Å². The molecule has 0 aliphatic carbocycles. The second-order valence-electron chi connectivity index (χ2n) is 3.30. The number of aliphatic hydroxyl groups is 1.